The van der Waals surface area contributed by atoms with E-state index in [0.29, 0.717) is 19.1 Å². The molecule has 15 heavy (non-hydrogen) atoms. The van der Waals surface area contributed by atoms with Crippen molar-refractivity contribution < 1.29 is 14.1 Å². The summed E-state index contributed by atoms with van der Waals surface area (Å²) in [5.41, 5.74) is -1.23. The molecule has 0 N–H and O–H groups in total. The minimum absolute atomic E-state index is 0.145. The first-order chi connectivity index (χ1) is 7.10. The largest absolute Gasteiger partial charge is 0.305 e. The molecule has 78 valence electrons. The molecule has 0 amide bonds. The van der Waals surface area contributed by atoms with Gasteiger partial charge in [-0.25, -0.2) is 0 Å². The Morgan fingerprint density at radius 1 is 1.47 bits per heavy atom. The fourth-order valence-corrected chi connectivity index (χ4v) is 1.63. The van der Waals surface area contributed by atoms with Gasteiger partial charge in [-0.1, -0.05) is 12.1 Å². The summed E-state index contributed by atoms with van der Waals surface area (Å²) in [4.78, 5) is 20.5. The number of benzene rings is 1. The average Bonchev–Trinajstić information content (AvgIpc) is 2.98. The molecule has 0 aliphatic heterocycles. The normalized spacial score (nSPS) is 17.1. The minimum atomic E-state index is -0.882. The van der Waals surface area contributed by atoms with E-state index in [1.807, 2.05) is 0 Å². The maximum atomic E-state index is 13.6. The van der Waals surface area contributed by atoms with Crippen LogP contribution in [0.2, 0.25) is 0 Å². The van der Waals surface area contributed by atoms with Gasteiger partial charge < -0.3 is 4.79 Å². The van der Waals surface area contributed by atoms with Gasteiger partial charge in [0.15, 0.2) is 0 Å². The lowest BCUT2D eigenvalue weighted by Gasteiger charge is -2.08. The first kappa shape index (κ1) is 9.76. The summed E-state index contributed by atoms with van der Waals surface area (Å²) >= 11 is 0. The van der Waals surface area contributed by atoms with Crippen molar-refractivity contribution in [2.75, 3.05) is 0 Å². The summed E-state index contributed by atoms with van der Waals surface area (Å²) in [6.45, 7) is 0. The van der Waals surface area contributed by atoms with E-state index in [2.05, 4.69) is 0 Å². The molecule has 1 aromatic rings. The topological polar surface area (TPSA) is 60.2 Å². The minimum Gasteiger partial charge on any atom is -0.302 e. The van der Waals surface area contributed by atoms with Crippen molar-refractivity contribution in [2.24, 2.45) is 0 Å². The summed E-state index contributed by atoms with van der Waals surface area (Å²) < 4.78 is 13.6. The second-order valence-corrected chi connectivity index (χ2v) is 3.67. The number of nitrogens with zero attached hydrogens (tertiary/aromatic N) is 1. The zero-order valence-electron chi connectivity index (χ0n) is 7.77. The van der Waals surface area contributed by atoms with Gasteiger partial charge >= 0.3 is 5.69 Å². The number of nitro groups is 1. The SMILES string of the molecule is O=CC1(c2cccc([N+](=O)[O-])c2F)CC1. The Morgan fingerprint density at radius 2 is 2.13 bits per heavy atom. The van der Waals surface area contributed by atoms with Crippen LogP contribution in [0.5, 0.6) is 0 Å². The van der Waals surface area contributed by atoms with E-state index in [9.17, 15) is 19.3 Å². The Kier molecular flexibility index (Phi) is 2.03. The molecule has 0 aromatic heterocycles. The van der Waals surface area contributed by atoms with Gasteiger partial charge in [0, 0.05) is 11.6 Å². The average molecular weight is 209 g/mol. The lowest BCUT2D eigenvalue weighted by atomic mass is 9.96. The third-order valence-corrected chi connectivity index (χ3v) is 2.73. The van der Waals surface area contributed by atoms with Crippen molar-refractivity contribution in [1.82, 2.24) is 0 Å². The van der Waals surface area contributed by atoms with Crippen LogP contribution < -0.4 is 0 Å². The van der Waals surface area contributed by atoms with Gasteiger partial charge in [-0.2, -0.15) is 4.39 Å². The predicted molar refractivity (Wildman–Crippen MR) is 50.0 cm³/mol. The molecule has 0 bridgehead atoms. The second kappa shape index (κ2) is 3.12. The highest BCUT2D eigenvalue weighted by molar-refractivity contribution is 5.73. The Morgan fingerprint density at radius 3 is 2.60 bits per heavy atom. The maximum Gasteiger partial charge on any atom is 0.305 e. The lowest BCUT2D eigenvalue weighted by molar-refractivity contribution is -0.387. The van der Waals surface area contributed by atoms with Crippen molar-refractivity contribution in [1.29, 1.82) is 0 Å². The monoisotopic (exact) mass is 209 g/mol. The van der Waals surface area contributed by atoms with E-state index < -0.39 is 21.8 Å². The standard InChI is InChI=1S/C10H8FNO3/c11-9-7(10(6-13)4-5-10)2-1-3-8(9)12(14)15/h1-3,6H,4-5H2. The number of rotatable bonds is 3. The molecule has 1 aliphatic carbocycles. The third-order valence-electron chi connectivity index (χ3n) is 2.73. The first-order valence-corrected chi connectivity index (χ1v) is 4.50. The van der Waals surface area contributed by atoms with Crippen LogP contribution in [0.1, 0.15) is 18.4 Å². The van der Waals surface area contributed by atoms with Crippen LogP contribution in [0, 0.1) is 15.9 Å². The highest BCUT2D eigenvalue weighted by Crippen LogP contribution is 2.48. The number of carbonyl (C=O) groups is 1. The van der Waals surface area contributed by atoms with E-state index in [1.54, 1.807) is 0 Å². The van der Waals surface area contributed by atoms with Crippen LogP contribution in [0.3, 0.4) is 0 Å². The van der Waals surface area contributed by atoms with Crippen LogP contribution in [0.25, 0.3) is 0 Å². The summed E-state index contributed by atoms with van der Waals surface area (Å²) in [5, 5.41) is 10.5. The van der Waals surface area contributed by atoms with Gasteiger partial charge in [-0.3, -0.25) is 10.1 Å². The molecule has 0 saturated heterocycles. The zero-order valence-corrected chi connectivity index (χ0v) is 7.77. The van der Waals surface area contributed by atoms with Crippen LogP contribution in [-0.4, -0.2) is 11.2 Å². The molecule has 2 rings (SSSR count). The quantitative estimate of drug-likeness (QED) is 0.434. The van der Waals surface area contributed by atoms with Gasteiger partial charge in [0.2, 0.25) is 5.82 Å². The molecule has 0 radical (unpaired) electrons. The molecule has 4 nitrogen and oxygen atoms in total. The molecular weight excluding hydrogens is 201 g/mol. The van der Waals surface area contributed by atoms with Crippen LogP contribution >= 0.6 is 0 Å². The molecule has 1 fully saturated rings. The van der Waals surface area contributed by atoms with Crippen LogP contribution in [-0.2, 0) is 10.2 Å². The van der Waals surface area contributed by atoms with Crippen LogP contribution in [0.15, 0.2) is 18.2 Å². The number of nitro benzene ring substituents is 1. The Bertz CT molecular complexity index is 440. The number of hydrogen-bond acceptors (Lipinski definition) is 3. The summed E-state index contributed by atoms with van der Waals surface area (Å²) in [7, 11) is 0. The molecule has 1 saturated carbocycles. The molecule has 1 aliphatic rings. The van der Waals surface area contributed by atoms with Crippen molar-refractivity contribution in [3.63, 3.8) is 0 Å². The highest BCUT2D eigenvalue weighted by atomic mass is 19.1. The Balaban J connectivity index is 2.54. The number of halogens is 1. The second-order valence-electron chi connectivity index (χ2n) is 3.67. The number of aldehydes is 1. The van der Waals surface area contributed by atoms with Gasteiger partial charge in [-0.15, -0.1) is 0 Å². The van der Waals surface area contributed by atoms with Gasteiger partial charge in [0.05, 0.1) is 10.3 Å². The maximum absolute atomic E-state index is 13.6. The third kappa shape index (κ3) is 1.40. The highest BCUT2D eigenvalue weighted by Gasteiger charge is 2.47. The summed E-state index contributed by atoms with van der Waals surface area (Å²) in [5.74, 6) is -0.882. The van der Waals surface area contributed by atoms with Crippen molar-refractivity contribution in [3.8, 4) is 0 Å². The van der Waals surface area contributed by atoms with Crippen molar-refractivity contribution >= 4 is 12.0 Å². The lowest BCUT2D eigenvalue weighted by Crippen LogP contribution is -2.11. The van der Waals surface area contributed by atoms with Crippen molar-refractivity contribution in [2.45, 2.75) is 18.3 Å². The molecular formula is C10H8FNO3. The van der Waals surface area contributed by atoms with Crippen molar-refractivity contribution in [3.05, 3.63) is 39.7 Å². The molecule has 0 atom stereocenters. The fraction of sp³-hybridized carbons (Fsp3) is 0.300. The molecule has 5 heteroatoms. The van der Waals surface area contributed by atoms with E-state index in [0.717, 1.165) is 6.07 Å². The smallest absolute Gasteiger partial charge is 0.302 e. The van der Waals surface area contributed by atoms with Gasteiger partial charge in [0.1, 0.15) is 6.29 Å². The molecule has 0 unspecified atom stereocenters. The molecule has 1 aromatic carbocycles. The van der Waals surface area contributed by atoms with E-state index in [4.69, 9.17) is 0 Å². The number of carbonyl (C=O) groups excluding carboxylic acids is 1. The van der Waals surface area contributed by atoms with Gasteiger partial charge in [-0.05, 0) is 12.8 Å². The Labute approximate surface area is 84.9 Å². The van der Waals surface area contributed by atoms with E-state index >= 15 is 0 Å². The molecule has 0 heterocycles. The Hall–Kier alpha value is -1.78. The van der Waals surface area contributed by atoms with Crippen LogP contribution in [0.4, 0.5) is 10.1 Å². The molecule has 0 spiro atoms. The first-order valence-electron chi connectivity index (χ1n) is 4.50. The fourth-order valence-electron chi connectivity index (χ4n) is 1.63. The van der Waals surface area contributed by atoms with E-state index in [-0.39, 0.29) is 5.56 Å². The number of hydrogen-bond donors (Lipinski definition) is 0. The predicted octanol–water partition coefficient (Wildman–Crippen LogP) is 1.96. The summed E-state index contributed by atoms with van der Waals surface area (Å²) in [6, 6.07) is 3.93. The zero-order chi connectivity index (χ0) is 11.1. The van der Waals surface area contributed by atoms with E-state index in [1.165, 1.54) is 12.1 Å². The van der Waals surface area contributed by atoms with Gasteiger partial charge in [0.25, 0.3) is 0 Å². The summed E-state index contributed by atoms with van der Waals surface area (Å²) in [6.07, 6.45) is 1.80.